The molecule has 9 atom stereocenters. The van der Waals surface area contributed by atoms with Crippen LogP contribution in [0.15, 0.2) is 34.3 Å². The largest absolute Gasteiger partial charge is 0.508 e. The Kier molecular flexibility index (Phi) is 41.4. The maximum atomic E-state index is 14.6. The number of guanidine groups is 2. The zero-order valence-corrected chi connectivity index (χ0v) is 57.0. The number of aliphatic imine (C=N–C) groups is 2. The van der Waals surface area contributed by atoms with Crippen molar-refractivity contribution in [2.75, 3.05) is 19.6 Å². The molecule has 532 valence electrons. The molecule has 0 aliphatic rings. The van der Waals surface area contributed by atoms with Gasteiger partial charge in [-0.15, -0.1) is 0 Å². The van der Waals surface area contributed by atoms with Gasteiger partial charge >= 0.3 is 6.09 Å². The van der Waals surface area contributed by atoms with E-state index in [0.717, 1.165) is 0 Å². The Balaban J connectivity index is 3.54. The number of ether oxygens (including phenoxy) is 1. The van der Waals surface area contributed by atoms with Crippen LogP contribution < -0.4 is 81.8 Å². The fourth-order valence-electron chi connectivity index (χ4n) is 9.59. The summed E-state index contributed by atoms with van der Waals surface area (Å²) in [7, 11) is 0. The number of carbonyl (C=O) groups excluding carboxylic acids is 11. The first-order valence-electron chi connectivity index (χ1n) is 33.4. The van der Waals surface area contributed by atoms with Crippen LogP contribution in [0.25, 0.3) is 0 Å². The number of primary amides is 1. The Bertz CT molecular complexity index is 2590. The Labute approximate surface area is 554 Å². The summed E-state index contributed by atoms with van der Waals surface area (Å²) in [6.07, 6.45) is 7.17. The molecule has 94 heavy (non-hydrogen) atoms. The van der Waals surface area contributed by atoms with E-state index in [1.165, 1.54) is 12.1 Å². The van der Waals surface area contributed by atoms with Crippen LogP contribution in [0.4, 0.5) is 4.79 Å². The van der Waals surface area contributed by atoms with Crippen LogP contribution in [-0.4, -0.2) is 162 Å². The lowest BCUT2D eigenvalue weighted by Crippen LogP contribution is -2.60. The van der Waals surface area contributed by atoms with Crippen molar-refractivity contribution >= 4 is 77.1 Å². The third-order valence-electron chi connectivity index (χ3n) is 14.9. The van der Waals surface area contributed by atoms with Crippen molar-refractivity contribution in [1.29, 1.82) is 0 Å². The van der Waals surface area contributed by atoms with Gasteiger partial charge in [0.1, 0.15) is 65.7 Å². The first-order valence-corrected chi connectivity index (χ1v) is 33.4. The number of carbonyl (C=O) groups is 11. The molecular formula is C64H113N17O13. The zero-order chi connectivity index (χ0) is 70.8. The maximum absolute atomic E-state index is 14.6. The van der Waals surface area contributed by atoms with E-state index in [1.807, 2.05) is 41.5 Å². The van der Waals surface area contributed by atoms with E-state index in [0.29, 0.717) is 82.6 Å². The summed E-state index contributed by atoms with van der Waals surface area (Å²) in [5.41, 5.74) is 27.5. The summed E-state index contributed by atoms with van der Waals surface area (Å²) in [6.45, 7) is 16.0. The van der Waals surface area contributed by atoms with Crippen molar-refractivity contribution in [2.45, 2.75) is 270 Å². The molecule has 0 aliphatic carbocycles. The van der Waals surface area contributed by atoms with Crippen molar-refractivity contribution in [3.63, 3.8) is 0 Å². The van der Waals surface area contributed by atoms with Gasteiger partial charge < -0.3 is 91.7 Å². The average molecular weight is 1330 g/mol. The van der Waals surface area contributed by atoms with Gasteiger partial charge in [-0.3, -0.25) is 57.9 Å². The van der Waals surface area contributed by atoms with Crippen LogP contribution in [0.3, 0.4) is 0 Å². The highest BCUT2D eigenvalue weighted by atomic mass is 16.6. The number of nitrogens with zero attached hydrogens (tertiary/aromatic N) is 2. The van der Waals surface area contributed by atoms with Gasteiger partial charge in [-0.25, -0.2) is 4.79 Å². The molecule has 0 saturated carbocycles. The molecule has 0 saturated heterocycles. The third kappa shape index (κ3) is 36.1. The van der Waals surface area contributed by atoms with Crippen molar-refractivity contribution < 1.29 is 62.6 Å². The van der Waals surface area contributed by atoms with Crippen LogP contribution >= 0.6 is 0 Å². The second-order valence-corrected chi connectivity index (χ2v) is 24.5. The molecule has 11 amide bonds. The van der Waals surface area contributed by atoms with Crippen molar-refractivity contribution in [2.24, 2.45) is 38.7 Å². The van der Waals surface area contributed by atoms with Gasteiger partial charge in [0.05, 0.1) is 6.54 Å². The van der Waals surface area contributed by atoms with E-state index in [-0.39, 0.29) is 101 Å². The molecule has 0 aliphatic heterocycles. The molecule has 30 heteroatoms. The number of phenolic OH excluding ortho intramolecular Hbond substituents is 1. The summed E-state index contributed by atoms with van der Waals surface area (Å²) in [6, 6.07) is -4.78. The Morgan fingerprint density at radius 3 is 0.947 bits per heavy atom. The standard InChI is InChI=1S/C64H113N17O13/c1-10-16-24-42(53(85)72-39-51(83)73-50(52(65)84)38-40-32-34-41(82)35-33-40)74-54(86)43(25-17-11-2)75-56(88)45(27-19-13-4)78-59(91)48(30-22-36-70-61(66)67)80-58(90)46(28-20-14-5)77-55(87)44(26-18-12-3)76-57(89)47(29-21-15-6)79-60(92)49(31-23-37-71-62(68)69)81-63(93)94-64(7,8)9/h32-35,42-50,82H,10-31,36-39H2,1-9H3,(H2,65,84)(H,72,85)(H,73,83)(H,74,86)(H,75,88)(H,76,89)(H,77,87)(H,78,91)(H,79,92)(H,80,90)(H,81,93)(H4,66,67,70)(H4,68,69,71)/t42-,43-,44-,45-,46-,47-,48-,49-,50-/m1/s1. The third-order valence-corrected chi connectivity index (χ3v) is 14.9. The number of rotatable bonds is 48. The fourth-order valence-corrected chi connectivity index (χ4v) is 9.59. The summed E-state index contributed by atoms with van der Waals surface area (Å²) < 4.78 is 5.41. The molecule has 0 unspecified atom stereocenters. The van der Waals surface area contributed by atoms with Crippen molar-refractivity contribution in [1.82, 2.24) is 53.2 Å². The Hall–Kier alpha value is -8.47. The number of unbranched alkanes of at least 4 members (excludes halogenated alkanes) is 6. The minimum Gasteiger partial charge on any atom is -0.508 e. The summed E-state index contributed by atoms with van der Waals surface area (Å²) in [5, 5.41) is 36.8. The summed E-state index contributed by atoms with van der Waals surface area (Å²) in [5.74, 6) is -7.58. The first-order chi connectivity index (χ1) is 44.5. The summed E-state index contributed by atoms with van der Waals surface area (Å²) >= 11 is 0. The number of nitrogens with two attached hydrogens (primary N) is 5. The lowest BCUT2D eigenvalue weighted by molar-refractivity contribution is -0.136. The van der Waals surface area contributed by atoms with E-state index < -0.39 is 132 Å². The number of hydrogen-bond donors (Lipinski definition) is 16. The second-order valence-electron chi connectivity index (χ2n) is 24.5. The molecular weight excluding hydrogens is 1210 g/mol. The molecule has 30 nitrogen and oxygen atoms in total. The van der Waals surface area contributed by atoms with Crippen molar-refractivity contribution in [3.8, 4) is 5.75 Å². The van der Waals surface area contributed by atoms with Crippen LogP contribution in [0, 0.1) is 0 Å². The van der Waals surface area contributed by atoms with E-state index in [9.17, 15) is 57.8 Å². The minimum absolute atomic E-state index is 0.0103. The van der Waals surface area contributed by atoms with Gasteiger partial charge in [0.2, 0.25) is 59.1 Å². The molecule has 1 aromatic carbocycles. The number of hydrogen-bond acceptors (Lipinski definition) is 15. The van der Waals surface area contributed by atoms with Gasteiger partial charge in [0.15, 0.2) is 11.9 Å². The molecule has 0 spiro atoms. The van der Waals surface area contributed by atoms with Crippen LogP contribution in [0.1, 0.15) is 209 Å². The molecule has 0 radical (unpaired) electrons. The lowest BCUT2D eigenvalue weighted by Gasteiger charge is -2.28. The monoisotopic (exact) mass is 1330 g/mol. The Morgan fingerprint density at radius 2 is 0.681 bits per heavy atom. The highest BCUT2D eigenvalue weighted by Crippen LogP contribution is 2.15. The SMILES string of the molecule is CCCC[C@@H](NC(=O)[C@@H](CCCC)NC(=O)[C@@H](CCCC)NC(=O)[C@@H](CCCN=C(N)N)NC(=O)[C@@H](CCCC)NC(=O)[C@@H](CCCC)NC(=O)[C@@H](CCCC)NC(=O)[C@@H](CCCN=C(N)N)NC(=O)OC(C)(C)C)C(=O)NCC(=O)N[C@H](Cc1ccc(O)cc1)C(N)=O. The Morgan fingerprint density at radius 1 is 0.404 bits per heavy atom. The van der Waals surface area contributed by atoms with Crippen LogP contribution in [-0.2, 0) is 59.1 Å². The summed E-state index contributed by atoms with van der Waals surface area (Å²) in [4.78, 5) is 160. The zero-order valence-electron chi connectivity index (χ0n) is 57.0. The quantitative estimate of drug-likeness (QED) is 0.0250. The minimum atomic E-state index is -1.32. The van der Waals surface area contributed by atoms with Gasteiger partial charge in [0.25, 0.3) is 0 Å². The van der Waals surface area contributed by atoms with Gasteiger partial charge in [0, 0.05) is 19.5 Å². The van der Waals surface area contributed by atoms with Crippen LogP contribution in [0.2, 0.25) is 0 Å². The van der Waals surface area contributed by atoms with E-state index in [1.54, 1.807) is 32.9 Å². The molecule has 21 N–H and O–H groups in total. The molecule has 0 heterocycles. The lowest BCUT2D eigenvalue weighted by atomic mass is 10.0. The highest BCUT2D eigenvalue weighted by Gasteiger charge is 2.35. The molecule has 0 bridgehead atoms. The van der Waals surface area contributed by atoms with E-state index >= 15 is 0 Å². The molecule has 0 aromatic heterocycles. The maximum Gasteiger partial charge on any atom is 0.408 e. The molecule has 1 rings (SSSR count). The smallest absolute Gasteiger partial charge is 0.408 e. The first kappa shape index (κ1) is 83.5. The molecule has 0 fully saturated rings. The number of amides is 11. The van der Waals surface area contributed by atoms with E-state index in [4.69, 9.17) is 33.4 Å². The predicted molar refractivity (Wildman–Crippen MR) is 360 cm³/mol. The molecule has 1 aromatic rings. The highest BCUT2D eigenvalue weighted by molar-refractivity contribution is 5.98. The van der Waals surface area contributed by atoms with Gasteiger partial charge in [-0.05, 0) is 103 Å². The van der Waals surface area contributed by atoms with Crippen molar-refractivity contribution in [3.05, 3.63) is 29.8 Å². The topological polar surface area (TPSA) is 492 Å². The number of alkyl carbamates (subject to hydrolysis) is 1. The average Bonchev–Trinajstić information content (AvgIpc) is 1.09. The number of benzene rings is 1. The normalized spacial score (nSPS) is 14.0. The second kappa shape index (κ2) is 46.6. The van der Waals surface area contributed by atoms with Crippen LogP contribution in [0.5, 0.6) is 5.75 Å². The van der Waals surface area contributed by atoms with Gasteiger partial charge in [-0.1, -0.05) is 131 Å². The predicted octanol–water partition coefficient (Wildman–Crippen LogP) is 1.56. The van der Waals surface area contributed by atoms with Gasteiger partial charge in [-0.2, -0.15) is 0 Å². The number of aromatic hydroxyl groups is 1. The number of nitrogens with one attached hydrogen (secondary N) is 10. The number of phenols is 1. The van der Waals surface area contributed by atoms with E-state index in [2.05, 4.69) is 63.2 Å². The fraction of sp³-hybridized carbons (Fsp3) is 0.703.